The van der Waals surface area contributed by atoms with Gasteiger partial charge in [0.1, 0.15) is 11.8 Å². The number of rotatable bonds is 2. The lowest BCUT2D eigenvalue weighted by atomic mass is 10.1. The van der Waals surface area contributed by atoms with Crippen LogP contribution in [-0.2, 0) is 4.79 Å². The summed E-state index contributed by atoms with van der Waals surface area (Å²) >= 11 is 11.7. The second-order valence-corrected chi connectivity index (χ2v) is 4.50. The van der Waals surface area contributed by atoms with Gasteiger partial charge in [-0.3, -0.25) is 4.79 Å². The van der Waals surface area contributed by atoms with Crippen molar-refractivity contribution in [1.82, 2.24) is 4.90 Å². The minimum absolute atomic E-state index is 0.149. The molecule has 1 rings (SSSR count). The molecule has 0 unspecified atom stereocenters. The van der Waals surface area contributed by atoms with Crippen LogP contribution < -0.4 is 0 Å². The third kappa shape index (κ3) is 2.95. The number of aliphatic hydroxyl groups excluding tert-OH is 1. The van der Waals surface area contributed by atoms with Gasteiger partial charge < -0.3 is 10.0 Å². The summed E-state index contributed by atoms with van der Waals surface area (Å²) in [6, 6.07) is 6.07. The predicted molar refractivity (Wildman–Crippen MR) is 70.3 cm³/mol. The van der Waals surface area contributed by atoms with Gasteiger partial charge in [-0.1, -0.05) is 23.2 Å². The molecule has 1 aromatic rings. The normalized spacial score (nSPS) is 11.5. The molecule has 0 aliphatic carbocycles. The summed E-state index contributed by atoms with van der Waals surface area (Å²) in [5, 5.41) is 19.5. The number of carbonyl (C=O) groups excluding carboxylic acids is 1. The van der Waals surface area contributed by atoms with E-state index in [4.69, 9.17) is 28.5 Å². The Morgan fingerprint density at radius 2 is 2.00 bits per heavy atom. The first-order valence-corrected chi connectivity index (χ1v) is 5.64. The van der Waals surface area contributed by atoms with Crippen LogP contribution in [0.3, 0.4) is 0 Å². The van der Waals surface area contributed by atoms with E-state index >= 15 is 0 Å². The lowest BCUT2D eigenvalue weighted by Gasteiger charge is -2.11. The molecule has 0 aliphatic rings. The molecule has 4 nitrogen and oxygen atoms in total. The molecule has 0 fully saturated rings. The summed E-state index contributed by atoms with van der Waals surface area (Å²) in [5.41, 5.74) is -0.236. The molecule has 94 valence electrons. The van der Waals surface area contributed by atoms with E-state index in [9.17, 15) is 9.90 Å². The molecule has 0 saturated heterocycles. The van der Waals surface area contributed by atoms with E-state index in [0.717, 1.165) is 0 Å². The first kappa shape index (κ1) is 14.4. The van der Waals surface area contributed by atoms with Crippen LogP contribution in [-0.4, -0.2) is 30.0 Å². The van der Waals surface area contributed by atoms with Gasteiger partial charge in [-0.2, -0.15) is 5.26 Å². The molecule has 18 heavy (non-hydrogen) atoms. The third-order valence-electron chi connectivity index (χ3n) is 2.15. The fourth-order valence-electron chi connectivity index (χ4n) is 1.24. The highest BCUT2D eigenvalue weighted by molar-refractivity contribution is 6.34. The quantitative estimate of drug-likeness (QED) is 0.516. The molecule has 1 aromatic carbocycles. The standard InChI is InChI=1S/C12H10Cl2N2O2/c1-16(2)12(18)9(6-15)11(17)8-5-7(13)3-4-10(8)14/h3-5,17H,1-2H3. The van der Waals surface area contributed by atoms with Crippen LogP contribution in [0.25, 0.3) is 5.76 Å². The van der Waals surface area contributed by atoms with Crippen molar-refractivity contribution in [3.8, 4) is 6.07 Å². The molecule has 0 radical (unpaired) electrons. The molecule has 6 heteroatoms. The van der Waals surface area contributed by atoms with Crippen molar-refractivity contribution in [1.29, 1.82) is 5.26 Å². The number of aliphatic hydroxyl groups is 1. The van der Waals surface area contributed by atoms with E-state index in [0.29, 0.717) is 5.02 Å². The monoisotopic (exact) mass is 284 g/mol. The van der Waals surface area contributed by atoms with Gasteiger partial charge in [0.15, 0.2) is 5.57 Å². The molecular formula is C12H10Cl2N2O2. The first-order chi connectivity index (χ1) is 8.38. The van der Waals surface area contributed by atoms with E-state index < -0.39 is 11.7 Å². The molecule has 0 heterocycles. The predicted octanol–water partition coefficient (Wildman–Crippen LogP) is 2.87. The second-order valence-electron chi connectivity index (χ2n) is 3.66. The number of benzene rings is 1. The average molecular weight is 285 g/mol. The van der Waals surface area contributed by atoms with Crippen LogP contribution in [0.5, 0.6) is 0 Å². The molecule has 0 atom stereocenters. The maximum absolute atomic E-state index is 11.7. The van der Waals surface area contributed by atoms with E-state index in [1.807, 2.05) is 0 Å². The largest absolute Gasteiger partial charge is 0.506 e. The summed E-state index contributed by atoms with van der Waals surface area (Å²) in [6.45, 7) is 0. The number of hydrogen-bond donors (Lipinski definition) is 1. The average Bonchev–Trinajstić information content (AvgIpc) is 2.32. The first-order valence-electron chi connectivity index (χ1n) is 4.89. The van der Waals surface area contributed by atoms with E-state index in [1.165, 1.54) is 31.1 Å². The fourth-order valence-corrected chi connectivity index (χ4v) is 1.62. The molecule has 0 aromatic heterocycles. The van der Waals surface area contributed by atoms with Gasteiger partial charge in [-0.15, -0.1) is 0 Å². The summed E-state index contributed by atoms with van der Waals surface area (Å²) in [7, 11) is 2.96. The topological polar surface area (TPSA) is 64.3 Å². The number of nitriles is 1. The van der Waals surface area contributed by atoms with Crippen molar-refractivity contribution >= 4 is 34.9 Å². The molecule has 0 aliphatic heterocycles. The van der Waals surface area contributed by atoms with Crippen molar-refractivity contribution < 1.29 is 9.90 Å². The minimum Gasteiger partial charge on any atom is -0.506 e. The Morgan fingerprint density at radius 3 is 2.50 bits per heavy atom. The number of nitrogens with zero attached hydrogens (tertiary/aromatic N) is 2. The fraction of sp³-hybridized carbons (Fsp3) is 0.167. The van der Waals surface area contributed by atoms with Crippen molar-refractivity contribution in [2.45, 2.75) is 0 Å². The molecule has 0 saturated carbocycles. The van der Waals surface area contributed by atoms with Gasteiger partial charge in [-0.25, -0.2) is 0 Å². The molecular weight excluding hydrogens is 275 g/mol. The summed E-state index contributed by atoms with van der Waals surface area (Å²) in [6.07, 6.45) is 0. The Hall–Kier alpha value is -1.70. The van der Waals surface area contributed by atoms with Crippen molar-refractivity contribution in [2.75, 3.05) is 14.1 Å². The van der Waals surface area contributed by atoms with Gasteiger partial charge in [0, 0.05) is 24.7 Å². The van der Waals surface area contributed by atoms with E-state index in [-0.39, 0.29) is 16.2 Å². The SMILES string of the molecule is CN(C)C(=O)C(C#N)=C(O)c1cc(Cl)ccc1Cl. The number of halogens is 2. The highest BCUT2D eigenvalue weighted by Crippen LogP contribution is 2.27. The lowest BCUT2D eigenvalue weighted by Crippen LogP contribution is -2.23. The molecule has 0 spiro atoms. The Labute approximate surface area is 115 Å². The van der Waals surface area contributed by atoms with Crippen LogP contribution in [0.15, 0.2) is 23.8 Å². The van der Waals surface area contributed by atoms with Gasteiger partial charge in [0.2, 0.25) is 0 Å². The number of hydrogen-bond acceptors (Lipinski definition) is 3. The number of amides is 1. The van der Waals surface area contributed by atoms with E-state index in [1.54, 1.807) is 12.1 Å². The molecule has 0 bridgehead atoms. The summed E-state index contributed by atoms with van der Waals surface area (Å²) < 4.78 is 0. The summed E-state index contributed by atoms with van der Waals surface area (Å²) in [5.74, 6) is -1.09. The van der Waals surface area contributed by atoms with Gasteiger partial charge in [-0.05, 0) is 18.2 Å². The molecule has 1 amide bonds. The maximum atomic E-state index is 11.7. The minimum atomic E-state index is -0.606. The highest BCUT2D eigenvalue weighted by Gasteiger charge is 2.19. The number of likely N-dealkylation sites (N-methyl/N-ethyl adjacent to an activating group) is 1. The van der Waals surface area contributed by atoms with Crippen LogP contribution in [0.1, 0.15) is 5.56 Å². The maximum Gasteiger partial charge on any atom is 0.267 e. The Kier molecular flexibility index (Phi) is 4.60. The van der Waals surface area contributed by atoms with Crippen LogP contribution in [0, 0.1) is 11.3 Å². The number of carbonyl (C=O) groups is 1. The molecule has 1 N–H and O–H groups in total. The zero-order valence-corrected chi connectivity index (χ0v) is 11.2. The van der Waals surface area contributed by atoms with Crippen molar-refractivity contribution in [3.05, 3.63) is 39.4 Å². The Morgan fingerprint density at radius 1 is 1.39 bits per heavy atom. The lowest BCUT2D eigenvalue weighted by molar-refractivity contribution is -0.124. The van der Waals surface area contributed by atoms with Crippen LogP contribution in [0.2, 0.25) is 10.0 Å². The second kappa shape index (κ2) is 5.76. The van der Waals surface area contributed by atoms with Gasteiger partial charge in [0.05, 0.1) is 5.02 Å². The van der Waals surface area contributed by atoms with Crippen LogP contribution >= 0.6 is 23.2 Å². The smallest absolute Gasteiger partial charge is 0.267 e. The zero-order valence-electron chi connectivity index (χ0n) is 9.74. The third-order valence-corrected chi connectivity index (χ3v) is 2.72. The van der Waals surface area contributed by atoms with Gasteiger partial charge in [0.25, 0.3) is 5.91 Å². The van der Waals surface area contributed by atoms with Gasteiger partial charge >= 0.3 is 0 Å². The van der Waals surface area contributed by atoms with Crippen molar-refractivity contribution in [2.24, 2.45) is 0 Å². The zero-order chi connectivity index (χ0) is 13.9. The summed E-state index contributed by atoms with van der Waals surface area (Å²) in [4.78, 5) is 12.9. The highest BCUT2D eigenvalue weighted by atomic mass is 35.5. The van der Waals surface area contributed by atoms with Crippen LogP contribution in [0.4, 0.5) is 0 Å². The Bertz CT molecular complexity index is 560. The van der Waals surface area contributed by atoms with E-state index in [2.05, 4.69) is 0 Å². The Balaban J connectivity index is 3.42. The van der Waals surface area contributed by atoms with Crippen molar-refractivity contribution in [3.63, 3.8) is 0 Å².